The maximum Gasteiger partial charge on any atom is 0.315 e. The third-order valence-corrected chi connectivity index (χ3v) is 2.94. The fourth-order valence-corrected chi connectivity index (χ4v) is 1.69. The number of aromatic nitrogens is 1. The number of benzene rings is 1. The van der Waals surface area contributed by atoms with Crippen molar-refractivity contribution in [1.82, 2.24) is 4.98 Å². The Morgan fingerprint density at radius 2 is 1.86 bits per heavy atom. The fraction of sp³-hybridized carbons (Fsp3) is 0.0714. The number of nitrogen functional groups attached to an aromatic ring is 1. The highest BCUT2D eigenvalue weighted by molar-refractivity contribution is 6.43. The summed E-state index contributed by atoms with van der Waals surface area (Å²) >= 11 is 5.83. The maximum absolute atomic E-state index is 11.8. The molecule has 108 valence electrons. The SMILES string of the molecule is Cc1ccc(NC(=O)C(=O)Nc2ccc(N)c(Cl)c2)nc1. The van der Waals surface area contributed by atoms with Crippen molar-refractivity contribution in [2.45, 2.75) is 6.92 Å². The monoisotopic (exact) mass is 304 g/mol. The lowest BCUT2D eigenvalue weighted by atomic mass is 10.3. The van der Waals surface area contributed by atoms with Crippen molar-refractivity contribution < 1.29 is 9.59 Å². The van der Waals surface area contributed by atoms with E-state index in [0.717, 1.165) is 5.56 Å². The van der Waals surface area contributed by atoms with E-state index in [-0.39, 0.29) is 0 Å². The number of nitrogens with one attached hydrogen (secondary N) is 2. The molecule has 0 atom stereocenters. The van der Waals surface area contributed by atoms with Crippen molar-refractivity contribution in [2.75, 3.05) is 16.4 Å². The number of hydrogen-bond donors (Lipinski definition) is 3. The Hall–Kier alpha value is -2.60. The first-order valence-corrected chi connectivity index (χ1v) is 6.43. The van der Waals surface area contributed by atoms with Crippen LogP contribution in [-0.4, -0.2) is 16.8 Å². The molecule has 6 nitrogen and oxygen atoms in total. The number of amides is 2. The number of carbonyl (C=O) groups excluding carboxylic acids is 2. The molecule has 1 aromatic heterocycles. The summed E-state index contributed by atoms with van der Waals surface area (Å²) in [6.07, 6.45) is 1.59. The molecule has 2 rings (SSSR count). The molecule has 7 heteroatoms. The Balaban J connectivity index is 2.00. The number of rotatable bonds is 2. The van der Waals surface area contributed by atoms with Crippen LogP contribution in [-0.2, 0) is 9.59 Å². The predicted molar refractivity (Wildman–Crippen MR) is 82.1 cm³/mol. The summed E-state index contributed by atoms with van der Waals surface area (Å²) in [5, 5.41) is 5.12. The van der Waals surface area contributed by atoms with Crippen molar-refractivity contribution in [2.24, 2.45) is 0 Å². The number of pyridine rings is 1. The van der Waals surface area contributed by atoms with E-state index in [4.69, 9.17) is 17.3 Å². The Morgan fingerprint density at radius 1 is 1.14 bits per heavy atom. The van der Waals surface area contributed by atoms with Gasteiger partial charge in [0.25, 0.3) is 0 Å². The van der Waals surface area contributed by atoms with E-state index in [9.17, 15) is 9.59 Å². The molecular formula is C14H13ClN4O2. The molecule has 0 bridgehead atoms. The minimum atomic E-state index is -0.821. The first-order valence-electron chi connectivity index (χ1n) is 6.06. The quantitative estimate of drug-likeness (QED) is 0.585. The number of nitrogens with zero attached hydrogens (tertiary/aromatic N) is 1. The highest BCUT2D eigenvalue weighted by Crippen LogP contribution is 2.22. The second-order valence-electron chi connectivity index (χ2n) is 4.37. The van der Waals surface area contributed by atoms with Crippen molar-refractivity contribution in [1.29, 1.82) is 0 Å². The van der Waals surface area contributed by atoms with Crippen molar-refractivity contribution in [3.05, 3.63) is 47.1 Å². The van der Waals surface area contributed by atoms with Gasteiger partial charge < -0.3 is 16.4 Å². The Labute approximate surface area is 126 Å². The molecule has 2 amide bonds. The summed E-state index contributed by atoms with van der Waals surface area (Å²) in [6, 6.07) is 7.95. The van der Waals surface area contributed by atoms with Crippen LogP contribution in [0, 0.1) is 6.92 Å². The van der Waals surface area contributed by atoms with E-state index in [1.54, 1.807) is 24.4 Å². The Morgan fingerprint density at radius 3 is 2.48 bits per heavy atom. The van der Waals surface area contributed by atoms with Crippen LogP contribution in [0.4, 0.5) is 17.2 Å². The lowest BCUT2D eigenvalue weighted by Crippen LogP contribution is -2.29. The molecule has 0 fully saturated rings. The van der Waals surface area contributed by atoms with Crippen LogP contribution in [0.5, 0.6) is 0 Å². The van der Waals surface area contributed by atoms with Gasteiger partial charge in [-0.1, -0.05) is 17.7 Å². The zero-order valence-corrected chi connectivity index (χ0v) is 11.9. The molecule has 4 N–H and O–H groups in total. The normalized spacial score (nSPS) is 10.0. The van der Waals surface area contributed by atoms with Gasteiger partial charge in [0.15, 0.2) is 0 Å². The van der Waals surface area contributed by atoms with Gasteiger partial charge in [0.1, 0.15) is 5.82 Å². The number of anilines is 3. The molecular weight excluding hydrogens is 292 g/mol. The summed E-state index contributed by atoms with van der Waals surface area (Å²) < 4.78 is 0. The van der Waals surface area contributed by atoms with Gasteiger partial charge in [-0.2, -0.15) is 0 Å². The van der Waals surface area contributed by atoms with E-state index < -0.39 is 11.8 Å². The molecule has 0 aliphatic carbocycles. The summed E-state index contributed by atoms with van der Waals surface area (Å²) in [4.78, 5) is 27.5. The summed E-state index contributed by atoms with van der Waals surface area (Å²) in [6.45, 7) is 1.87. The zero-order valence-electron chi connectivity index (χ0n) is 11.2. The Bertz CT molecular complexity index is 686. The number of halogens is 1. The first-order chi connectivity index (χ1) is 9.95. The van der Waals surface area contributed by atoms with E-state index in [1.807, 2.05) is 6.92 Å². The third-order valence-electron chi connectivity index (χ3n) is 2.62. The summed E-state index contributed by atoms with van der Waals surface area (Å²) in [5.74, 6) is -1.34. The second-order valence-corrected chi connectivity index (χ2v) is 4.77. The third kappa shape index (κ3) is 3.93. The van der Waals surface area contributed by atoms with Gasteiger partial charge in [0.05, 0.1) is 10.7 Å². The molecule has 0 aliphatic rings. The average Bonchev–Trinajstić information content (AvgIpc) is 2.45. The van der Waals surface area contributed by atoms with Gasteiger partial charge in [0.2, 0.25) is 0 Å². The molecule has 0 saturated carbocycles. The lowest BCUT2D eigenvalue weighted by Gasteiger charge is -2.07. The van der Waals surface area contributed by atoms with Gasteiger partial charge in [-0.15, -0.1) is 0 Å². The van der Waals surface area contributed by atoms with E-state index in [0.29, 0.717) is 22.2 Å². The average molecular weight is 305 g/mol. The first kappa shape index (κ1) is 14.8. The molecule has 0 aliphatic heterocycles. The molecule has 0 saturated heterocycles. The van der Waals surface area contributed by atoms with E-state index in [2.05, 4.69) is 15.6 Å². The standard InChI is InChI=1S/C14H13ClN4O2/c1-8-2-5-12(17-7-8)19-14(21)13(20)18-9-3-4-11(16)10(15)6-9/h2-7H,16H2,1H3,(H,18,20)(H,17,19,21). The minimum absolute atomic E-state index is 0.299. The number of carbonyl (C=O) groups is 2. The highest BCUT2D eigenvalue weighted by atomic mass is 35.5. The molecule has 0 unspecified atom stereocenters. The van der Waals surface area contributed by atoms with Gasteiger partial charge in [-0.05, 0) is 36.8 Å². The van der Waals surface area contributed by atoms with Gasteiger partial charge in [-0.25, -0.2) is 4.98 Å². The smallest absolute Gasteiger partial charge is 0.315 e. The largest absolute Gasteiger partial charge is 0.398 e. The number of aryl methyl sites for hydroxylation is 1. The van der Waals surface area contributed by atoms with Crippen molar-refractivity contribution in [3.8, 4) is 0 Å². The second kappa shape index (κ2) is 6.23. The lowest BCUT2D eigenvalue weighted by molar-refractivity contribution is -0.133. The van der Waals surface area contributed by atoms with Crippen LogP contribution in [0.15, 0.2) is 36.5 Å². The zero-order chi connectivity index (χ0) is 15.4. The summed E-state index contributed by atoms with van der Waals surface area (Å²) in [5.41, 5.74) is 7.29. The Kier molecular flexibility index (Phi) is 4.39. The summed E-state index contributed by atoms with van der Waals surface area (Å²) in [7, 11) is 0. The molecule has 1 aromatic carbocycles. The van der Waals surface area contributed by atoms with Gasteiger partial charge >= 0.3 is 11.8 Å². The highest BCUT2D eigenvalue weighted by Gasteiger charge is 2.14. The molecule has 1 heterocycles. The van der Waals surface area contributed by atoms with Crippen LogP contribution in [0.1, 0.15) is 5.56 Å². The maximum atomic E-state index is 11.8. The minimum Gasteiger partial charge on any atom is -0.398 e. The van der Waals surface area contributed by atoms with E-state index >= 15 is 0 Å². The fourth-order valence-electron chi connectivity index (χ4n) is 1.51. The molecule has 0 spiro atoms. The van der Waals surface area contributed by atoms with Crippen molar-refractivity contribution in [3.63, 3.8) is 0 Å². The number of hydrogen-bond acceptors (Lipinski definition) is 4. The van der Waals surface area contributed by atoms with Gasteiger partial charge in [0, 0.05) is 11.9 Å². The molecule has 21 heavy (non-hydrogen) atoms. The molecule has 2 aromatic rings. The number of nitrogens with two attached hydrogens (primary N) is 1. The molecule has 0 radical (unpaired) electrons. The van der Waals surface area contributed by atoms with Crippen LogP contribution in [0.2, 0.25) is 5.02 Å². The van der Waals surface area contributed by atoms with Crippen LogP contribution in [0.3, 0.4) is 0 Å². The van der Waals surface area contributed by atoms with Crippen LogP contribution >= 0.6 is 11.6 Å². The predicted octanol–water partition coefficient (Wildman–Crippen LogP) is 2.20. The van der Waals surface area contributed by atoms with Crippen molar-refractivity contribution >= 4 is 40.6 Å². The van der Waals surface area contributed by atoms with Crippen LogP contribution < -0.4 is 16.4 Å². The van der Waals surface area contributed by atoms with Gasteiger partial charge in [-0.3, -0.25) is 9.59 Å². The van der Waals surface area contributed by atoms with E-state index in [1.165, 1.54) is 12.1 Å². The topological polar surface area (TPSA) is 97.1 Å². The van der Waals surface area contributed by atoms with Crippen LogP contribution in [0.25, 0.3) is 0 Å².